The van der Waals surface area contributed by atoms with Crippen LogP contribution in [0.25, 0.3) is 0 Å². The van der Waals surface area contributed by atoms with Gasteiger partial charge in [0.15, 0.2) is 0 Å². The van der Waals surface area contributed by atoms with Crippen LogP contribution in [-0.4, -0.2) is 166 Å². The summed E-state index contributed by atoms with van der Waals surface area (Å²) in [5.41, 5.74) is 5.06. The zero-order valence-electron chi connectivity index (χ0n) is 68.2. The molecule has 29 nitrogen and oxygen atoms in total. The summed E-state index contributed by atoms with van der Waals surface area (Å²) in [7, 11) is -0.575. The molecule has 5 aliphatic rings. The van der Waals surface area contributed by atoms with Gasteiger partial charge in [-0.25, -0.2) is 38.4 Å². The molecule has 0 amide bonds. The molecule has 30 heteroatoms. The molecular weight excluding hydrogens is 1580 g/mol. The lowest BCUT2D eigenvalue weighted by molar-refractivity contribution is -0.466. The van der Waals surface area contributed by atoms with Crippen LogP contribution in [0.2, 0.25) is 0 Å². The van der Waals surface area contributed by atoms with Gasteiger partial charge >= 0.3 is 73.2 Å². The first kappa shape index (κ1) is 95.0. The van der Waals surface area contributed by atoms with E-state index >= 15 is 0 Å². The van der Waals surface area contributed by atoms with E-state index in [0.717, 1.165) is 100 Å². The van der Waals surface area contributed by atoms with Gasteiger partial charge in [0.05, 0.1) is 103 Å². The van der Waals surface area contributed by atoms with Gasteiger partial charge in [-0.05, 0) is 190 Å². The quantitative estimate of drug-likeness (QED) is 0.00652. The number of fused-ring (bicyclic) bond motifs is 3. The monoisotopic (exact) mass is 1680 g/mol. The van der Waals surface area contributed by atoms with Crippen LogP contribution in [0.15, 0.2) is 222 Å². The minimum absolute atomic E-state index is 0.0196. The first-order valence-electron chi connectivity index (χ1n) is 40.1. The zero-order chi connectivity index (χ0) is 87.2. The van der Waals surface area contributed by atoms with Gasteiger partial charge in [0.1, 0.15) is 34.5 Å². The Morgan fingerprint density at radius 1 is 0.336 bits per heavy atom. The molecule has 0 atom stereocenters. The number of hydrogen-bond donors (Lipinski definition) is 0. The van der Waals surface area contributed by atoms with E-state index in [-0.39, 0.29) is 69.3 Å². The van der Waals surface area contributed by atoms with Crippen molar-refractivity contribution < 1.29 is 138 Å². The standard InChI is InChI=1S/C31H35BO12.C31H36O9.C30H32O8/c1-3-28(33)37-17-5-7-19-39-30(35)43-26-13-9-23(10-14-26)24-21-41-32(42-22-24)25-11-15-27(16-12-25)44-31(36)40-20-8-6-18-38-29(34)4-2;1-3-28(32)36-19-7-5-17-34-26-13-9-24(10-14-26)30-21-38-31(39-22-30,40-23-30)25-11-15-27(16-12-25)35-18-6-8-20-37-29(33)4-2;1-3-27(31)35-19-17-21-5-13-25(14-6-21)37-29(33)23-9-11-24(12-10-23)30(34)38-26-15-7-22(8-16-26)18-20-36-28(32)4-2/h3-4,9-16,24H,1-2,5-8,17-22H2;3-4,9-16H,1-2,5-8,17-23H2;3-8,13-16,23-24H,1-2,9-12,17-20H2. The van der Waals surface area contributed by atoms with Crippen LogP contribution in [0.1, 0.15) is 111 Å². The van der Waals surface area contributed by atoms with E-state index < -0.39 is 66.6 Å². The third-order valence-corrected chi connectivity index (χ3v) is 19.2. The highest BCUT2D eigenvalue weighted by Crippen LogP contribution is 2.46. The van der Waals surface area contributed by atoms with Crippen molar-refractivity contribution in [3.63, 3.8) is 0 Å². The summed E-state index contributed by atoms with van der Waals surface area (Å²) in [6, 6.07) is 43.3. The number of unbranched alkanes of at least 4 members (excludes halogenated alkanes) is 4. The maximum atomic E-state index is 12.6. The Morgan fingerprint density at radius 3 is 0.984 bits per heavy atom. The summed E-state index contributed by atoms with van der Waals surface area (Å²) >= 11 is 0. The van der Waals surface area contributed by atoms with Crippen molar-refractivity contribution in [2.45, 2.75) is 107 Å². The van der Waals surface area contributed by atoms with E-state index in [1.807, 2.05) is 84.9 Å². The normalized spacial score (nSPS) is 16.8. The Hall–Kier alpha value is -12.5. The molecule has 6 aromatic carbocycles. The Kier molecular flexibility index (Phi) is 40.4. The van der Waals surface area contributed by atoms with Crippen LogP contribution in [0.5, 0.6) is 34.5 Å². The molecular formula is C92H103BO29. The fourth-order valence-electron chi connectivity index (χ4n) is 12.3. The summed E-state index contributed by atoms with van der Waals surface area (Å²) in [6.45, 7) is 25.2. The highest BCUT2D eigenvalue weighted by atomic mass is 16.9. The molecule has 0 radical (unpaired) electrons. The number of ether oxygens (including phenoxy) is 17. The molecule has 4 heterocycles. The van der Waals surface area contributed by atoms with Crippen molar-refractivity contribution in [1.82, 2.24) is 0 Å². The van der Waals surface area contributed by atoms with Crippen molar-refractivity contribution in [3.05, 3.63) is 249 Å². The lowest BCUT2D eigenvalue weighted by Gasteiger charge is -2.52. The maximum absolute atomic E-state index is 12.6. The van der Waals surface area contributed by atoms with Crippen LogP contribution < -0.4 is 33.9 Å². The van der Waals surface area contributed by atoms with Gasteiger partial charge in [-0.2, -0.15) is 0 Å². The summed E-state index contributed by atoms with van der Waals surface area (Å²) in [5.74, 6) is -2.09. The van der Waals surface area contributed by atoms with Crippen LogP contribution in [0.3, 0.4) is 0 Å². The van der Waals surface area contributed by atoms with E-state index in [1.165, 1.54) is 0 Å². The van der Waals surface area contributed by atoms with Crippen molar-refractivity contribution >= 4 is 72.6 Å². The highest BCUT2D eigenvalue weighted by molar-refractivity contribution is 6.61. The van der Waals surface area contributed by atoms with Crippen LogP contribution in [0, 0.1) is 11.8 Å². The van der Waals surface area contributed by atoms with E-state index in [0.29, 0.717) is 153 Å². The molecule has 648 valence electrons. The molecule has 122 heavy (non-hydrogen) atoms. The van der Waals surface area contributed by atoms with Crippen LogP contribution in [0.4, 0.5) is 9.59 Å². The number of hydrogen-bond acceptors (Lipinski definition) is 29. The van der Waals surface area contributed by atoms with Gasteiger partial charge in [-0.1, -0.05) is 100 Å². The van der Waals surface area contributed by atoms with Gasteiger partial charge in [-0.3, -0.25) is 9.59 Å². The average molecular weight is 1680 g/mol. The maximum Gasteiger partial charge on any atom is 0.513 e. The van der Waals surface area contributed by atoms with Gasteiger partial charge < -0.3 is 89.8 Å². The number of rotatable bonds is 44. The molecule has 5 fully saturated rings. The van der Waals surface area contributed by atoms with E-state index in [2.05, 4.69) is 39.5 Å². The minimum Gasteiger partial charge on any atom is -0.494 e. The summed E-state index contributed by atoms with van der Waals surface area (Å²) in [4.78, 5) is 115. The lowest BCUT2D eigenvalue weighted by Crippen LogP contribution is -2.60. The molecule has 4 saturated heterocycles. The average Bonchev–Trinajstić information content (AvgIpc) is 0.734. The van der Waals surface area contributed by atoms with Crippen LogP contribution in [-0.2, 0) is 124 Å². The smallest absolute Gasteiger partial charge is 0.494 e. The van der Waals surface area contributed by atoms with Crippen molar-refractivity contribution in [3.8, 4) is 34.5 Å². The number of benzene rings is 6. The fraction of sp³-hybridized carbons (Fsp3) is 0.370. The fourth-order valence-corrected chi connectivity index (χ4v) is 12.3. The van der Waals surface area contributed by atoms with E-state index in [1.54, 1.807) is 60.7 Å². The molecule has 0 aromatic heterocycles. The molecule has 2 bridgehead atoms. The number of carbonyl (C=O) groups excluding carboxylic acids is 10. The third-order valence-electron chi connectivity index (χ3n) is 19.2. The predicted octanol–water partition coefficient (Wildman–Crippen LogP) is 13.4. The summed E-state index contributed by atoms with van der Waals surface area (Å²) in [6.07, 6.45) is 13.5. The van der Waals surface area contributed by atoms with Gasteiger partial charge in [0, 0.05) is 74.0 Å². The third kappa shape index (κ3) is 32.9. The molecule has 0 N–H and O–H groups in total. The minimum atomic E-state index is -1.22. The van der Waals surface area contributed by atoms with Crippen molar-refractivity contribution in [2.24, 2.45) is 11.8 Å². The Bertz CT molecular complexity index is 4090. The Labute approximate surface area is 709 Å². The SMILES string of the molecule is C=CC(=O)OCCCCOC(=O)Oc1ccc(B2OCC(c3ccc(OC(=O)OCCCCOC(=O)C=C)cc3)CO2)cc1.C=CC(=O)OCCCCOc1ccc(C23COC(c4ccc(OCCCCOC(=O)C=C)cc4)(OC2)OC3)cc1.C=CC(=O)OCCc1ccc(OC(=O)C2CCC(C(=O)Oc3ccc(CCOC(=O)C=C)cc3)CC2)cc1. The number of esters is 8. The molecule has 6 aromatic rings. The molecule has 0 spiro atoms. The molecule has 1 saturated carbocycles. The molecule has 0 unspecified atom stereocenters. The topological polar surface area (TPSA) is 346 Å². The van der Waals surface area contributed by atoms with Gasteiger partial charge in [0.2, 0.25) is 0 Å². The lowest BCUT2D eigenvalue weighted by atomic mass is 9.77. The second-order valence-electron chi connectivity index (χ2n) is 27.9. The van der Waals surface area contributed by atoms with E-state index in [4.69, 9.17) is 89.8 Å². The van der Waals surface area contributed by atoms with Crippen LogP contribution >= 0.6 is 0 Å². The first-order chi connectivity index (χ1) is 59.2. The first-order valence-corrected chi connectivity index (χ1v) is 40.1. The van der Waals surface area contributed by atoms with Gasteiger partial charge in [-0.15, -0.1) is 0 Å². The van der Waals surface area contributed by atoms with E-state index in [9.17, 15) is 47.9 Å². The van der Waals surface area contributed by atoms with Crippen molar-refractivity contribution in [1.29, 1.82) is 0 Å². The zero-order valence-corrected chi connectivity index (χ0v) is 68.2. The summed E-state index contributed by atoms with van der Waals surface area (Å²) < 4.78 is 103. The second kappa shape index (κ2) is 51.9. The summed E-state index contributed by atoms with van der Waals surface area (Å²) in [5, 5.41) is 0. The Morgan fingerprint density at radius 2 is 0.631 bits per heavy atom. The second-order valence-corrected chi connectivity index (χ2v) is 27.9. The molecule has 4 aliphatic heterocycles. The molecule has 11 rings (SSSR count). The largest absolute Gasteiger partial charge is 0.513 e. The predicted molar refractivity (Wildman–Crippen MR) is 443 cm³/mol. The molecule has 1 aliphatic carbocycles. The number of carbonyl (C=O) groups is 10. The Balaban J connectivity index is 0.000000228. The highest BCUT2D eigenvalue weighted by Gasteiger charge is 2.54. The van der Waals surface area contributed by atoms with Gasteiger partial charge in [0.25, 0.3) is 0 Å². The van der Waals surface area contributed by atoms with Crippen molar-refractivity contribution in [2.75, 3.05) is 99.1 Å².